The Balaban J connectivity index is 1.43. The lowest BCUT2D eigenvalue weighted by Crippen LogP contribution is -2.43. The molecule has 0 bridgehead atoms. The summed E-state index contributed by atoms with van der Waals surface area (Å²) in [6.45, 7) is 6.24. The van der Waals surface area contributed by atoms with Gasteiger partial charge in [0.2, 0.25) is 6.33 Å². The number of para-hydroxylation sites is 2. The lowest BCUT2D eigenvalue weighted by atomic mass is 10.2. The Kier molecular flexibility index (Phi) is 5.61. The van der Waals surface area contributed by atoms with Crippen molar-refractivity contribution in [2.75, 3.05) is 5.32 Å². The highest BCUT2D eigenvalue weighted by Gasteiger charge is 2.24. The molecule has 1 N–H and O–H groups in total. The number of nitrogens with zero attached hydrogens (tertiary/aromatic N) is 2. The minimum Gasteiger partial charge on any atom is -0.489 e. The van der Waals surface area contributed by atoms with E-state index in [2.05, 4.69) is 11.9 Å². The van der Waals surface area contributed by atoms with Crippen LogP contribution in [-0.4, -0.2) is 10.5 Å². The minimum absolute atomic E-state index is 0.0927. The monoisotopic (exact) mass is 398 g/mol. The molecule has 0 aliphatic rings. The van der Waals surface area contributed by atoms with E-state index in [1.54, 1.807) is 6.20 Å². The smallest absolute Gasteiger partial charge is 0.269 e. The Morgan fingerprint density at radius 1 is 1.07 bits per heavy atom. The number of fused-ring (bicyclic) bond motifs is 1. The Morgan fingerprint density at radius 2 is 1.77 bits per heavy atom. The molecule has 4 rings (SSSR count). The van der Waals surface area contributed by atoms with Crippen molar-refractivity contribution in [3.8, 4) is 5.75 Å². The molecule has 0 saturated carbocycles. The van der Waals surface area contributed by atoms with Crippen LogP contribution in [0.3, 0.4) is 0 Å². The first-order chi connectivity index (χ1) is 14.7. The predicted octanol–water partition coefficient (Wildman–Crippen LogP) is 4.81. The van der Waals surface area contributed by atoms with Crippen LogP contribution in [0.1, 0.15) is 18.5 Å². The lowest BCUT2D eigenvalue weighted by molar-refractivity contribution is -0.680. The van der Waals surface area contributed by atoms with E-state index in [1.807, 2.05) is 101 Å². The van der Waals surface area contributed by atoms with E-state index in [-0.39, 0.29) is 11.9 Å². The van der Waals surface area contributed by atoms with Crippen LogP contribution < -0.4 is 14.6 Å². The predicted molar refractivity (Wildman–Crippen MR) is 119 cm³/mol. The van der Waals surface area contributed by atoms with Crippen molar-refractivity contribution in [2.24, 2.45) is 0 Å². The van der Waals surface area contributed by atoms with Gasteiger partial charge in [-0.1, -0.05) is 49.0 Å². The van der Waals surface area contributed by atoms with Gasteiger partial charge in [0, 0.05) is 5.69 Å². The van der Waals surface area contributed by atoms with Crippen LogP contribution >= 0.6 is 0 Å². The second-order valence-corrected chi connectivity index (χ2v) is 7.07. The van der Waals surface area contributed by atoms with Crippen LogP contribution in [-0.2, 0) is 11.4 Å². The van der Waals surface area contributed by atoms with Crippen molar-refractivity contribution in [3.63, 3.8) is 0 Å². The van der Waals surface area contributed by atoms with Crippen LogP contribution in [0, 0.1) is 0 Å². The highest BCUT2D eigenvalue weighted by atomic mass is 16.5. The van der Waals surface area contributed by atoms with Crippen molar-refractivity contribution in [3.05, 3.63) is 97.3 Å². The number of carbonyl (C=O) groups is 1. The maximum Gasteiger partial charge on any atom is 0.269 e. The molecule has 150 valence electrons. The molecule has 1 atom stereocenters. The van der Waals surface area contributed by atoms with Crippen LogP contribution in [0.5, 0.6) is 5.75 Å². The van der Waals surface area contributed by atoms with E-state index < -0.39 is 0 Å². The normalized spacial score (nSPS) is 11.8. The molecule has 0 fully saturated rings. The van der Waals surface area contributed by atoms with E-state index in [4.69, 9.17) is 4.74 Å². The van der Waals surface area contributed by atoms with Gasteiger partial charge in [0.15, 0.2) is 17.1 Å². The molecule has 5 heteroatoms. The number of rotatable bonds is 7. The number of aromatic nitrogens is 2. The Morgan fingerprint density at radius 3 is 2.50 bits per heavy atom. The van der Waals surface area contributed by atoms with Gasteiger partial charge in [-0.25, -0.2) is 9.13 Å². The fourth-order valence-electron chi connectivity index (χ4n) is 3.36. The van der Waals surface area contributed by atoms with E-state index >= 15 is 0 Å². The molecule has 3 aromatic carbocycles. The van der Waals surface area contributed by atoms with Gasteiger partial charge in [0.05, 0.1) is 6.20 Å². The SMILES string of the molecule is C=Cn1c[n+]([C@@H](C)C(=O)Nc2ccc(OCc3ccccc3)cc2)c2ccccc21. The fraction of sp³-hybridized carbons (Fsp3) is 0.120. The summed E-state index contributed by atoms with van der Waals surface area (Å²) in [7, 11) is 0. The van der Waals surface area contributed by atoms with Crippen molar-refractivity contribution in [2.45, 2.75) is 19.6 Å². The fourth-order valence-corrected chi connectivity index (χ4v) is 3.36. The number of nitrogens with one attached hydrogen (secondary N) is 1. The summed E-state index contributed by atoms with van der Waals surface area (Å²) in [5.74, 6) is 0.665. The van der Waals surface area contributed by atoms with Crippen LogP contribution in [0.2, 0.25) is 0 Å². The van der Waals surface area contributed by atoms with Gasteiger partial charge >= 0.3 is 0 Å². The maximum atomic E-state index is 12.9. The van der Waals surface area contributed by atoms with Crippen molar-refractivity contribution < 1.29 is 14.1 Å². The molecule has 0 aliphatic carbocycles. The summed E-state index contributed by atoms with van der Waals surface area (Å²) in [5.41, 5.74) is 3.82. The van der Waals surface area contributed by atoms with E-state index in [1.165, 1.54) is 0 Å². The first-order valence-corrected chi connectivity index (χ1v) is 9.86. The number of hydrogen-bond acceptors (Lipinski definition) is 2. The average Bonchev–Trinajstić information content (AvgIpc) is 3.17. The highest BCUT2D eigenvalue weighted by molar-refractivity contribution is 5.92. The summed E-state index contributed by atoms with van der Waals surface area (Å²) < 4.78 is 9.67. The molecule has 1 heterocycles. The topological polar surface area (TPSA) is 47.1 Å². The third-order valence-electron chi connectivity index (χ3n) is 5.05. The second-order valence-electron chi connectivity index (χ2n) is 7.07. The Labute approximate surface area is 175 Å². The molecule has 0 unspecified atom stereocenters. The molecule has 4 aromatic rings. The summed E-state index contributed by atoms with van der Waals surface area (Å²) in [6.07, 6.45) is 3.63. The number of benzene rings is 3. The second kappa shape index (κ2) is 8.66. The third kappa shape index (κ3) is 4.10. The molecular formula is C25H24N3O2+. The zero-order valence-electron chi connectivity index (χ0n) is 16.9. The van der Waals surface area contributed by atoms with Gasteiger partial charge in [-0.05, 0) is 48.9 Å². The number of amides is 1. The number of hydrogen-bond donors (Lipinski definition) is 1. The average molecular weight is 398 g/mol. The Bertz CT molecular complexity index is 1160. The largest absolute Gasteiger partial charge is 0.489 e. The first kappa shape index (κ1) is 19.5. The zero-order chi connectivity index (χ0) is 20.9. The standard InChI is InChI=1S/C25H23N3O2/c1-3-27-18-28(24-12-8-7-11-23(24)27)19(2)25(29)26-21-13-15-22(16-14-21)30-17-20-9-5-4-6-10-20/h3-16,18-19H,1,17H2,2H3/p+1/t19-/m0/s1. The van der Waals surface area contributed by atoms with Crippen LogP contribution in [0.15, 0.2) is 91.8 Å². The number of carbonyl (C=O) groups excluding carboxylic acids is 1. The zero-order valence-corrected chi connectivity index (χ0v) is 16.9. The molecule has 5 nitrogen and oxygen atoms in total. The van der Waals surface area contributed by atoms with Crippen LogP contribution in [0.4, 0.5) is 5.69 Å². The van der Waals surface area contributed by atoms with Gasteiger partial charge in [-0.15, -0.1) is 0 Å². The summed E-state index contributed by atoms with van der Waals surface area (Å²) in [5, 5.41) is 2.98. The number of anilines is 1. The molecule has 0 radical (unpaired) electrons. The van der Waals surface area contributed by atoms with Gasteiger partial charge in [0.25, 0.3) is 5.91 Å². The highest BCUT2D eigenvalue weighted by Crippen LogP contribution is 2.19. The maximum absolute atomic E-state index is 12.9. The quantitative estimate of drug-likeness (QED) is 0.454. The molecule has 1 amide bonds. The lowest BCUT2D eigenvalue weighted by Gasteiger charge is -2.11. The number of imidazole rings is 1. The van der Waals surface area contributed by atoms with Gasteiger partial charge in [0.1, 0.15) is 12.4 Å². The Hall–Kier alpha value is -3.86. The number of ether oxygens (including phenoxy) is 1. The first-order valence-electron chi connectivity index (χ1n) is 9.86. The van der Waals surface area contributed by atoms with Crippen molar-refractivity contribution in [1.82, 2.24) is 4.57 Å². The molecule has 0 spiro atoms. The third-order valence-corrected chi connectivity index (χ3v) is 5.05. The summed E-state index contributed by atoms with van der Waals surface area (Å²) >= 11 is 0. The molecule has 30 heavy (non-hydrogen) atoms. The summed E-state index contributed by atoms with van der Waals surface area (Å²) in [4.78, 5) is 12.9. The van der Waals surface area contributed by atoms with E-state index in [0.29, 0.717) is 6.61 Å². The van der Waals surface area contributed by atoms with Gasteiger partial charge in [-0.3, -0.25) is 4.79 Å². The van der Waals surface area contributed by atoms with Crippen molar-refractivity contribution >= 4 is 28.8 Å². The van der Waals surface area contributed by atoms with Gasteiger partial charge < -0.3 is 10.1 Å². The summed E-state index contributed by atoms with van der Waals surface area (Å²) in [6, 6.07) is 25.0. The molecule has 0 saturated heterocycles. The van der Waals surface area contributed by atoms with Crippen LogP contribution in [0.25, 0.3) is 17.2 Å². The molecule has 0 aliphatic heterocycles. The van der Waals surface area contributed by atoms with E-state index in [9.17, 15) is 4.79 Å². The molecular weight excluding hydrogens is 374 g/mol. The van der Waals surface area contributed by atoms with Crippen molar-refractivity contribution in [1.29, 1.82) is 0 Å². The molecule has 1 aromatic heterocycles. The van der Waals surface area contributed by atoms with Gasteiger partial charge in [-0.2, -0.15) is 0 Å². The van der Waals surface area contributed by atoms with E-state index in [0.717, 1.165) is 28.0 Å². The minimum atomic E-state index is -0.384.